The fourth-order valence-corrected chi connectivity index (χ4v) is 27.7. The molecule has 1 saturated carbocycles. The second-order valence-electron chi connectivity index (χ2n) is 27.7. The molecular weight excluding hydrogens is 1210 g/mol. The molecule has 0 bridgehead atoms. The molecule has 0 N–H and O–H groups in total. The summed E-state index contributed by atoms with van der Waals surface area (Å²) in [5.74, 6) is 0. The molecule has 0 spiro atoms. The highest BCUT2D eigenvalue weighted by molar-refractivity contribution is 7.20. The summed E-state index contributed by atoms with van der Waals surface area (Å²) in [6.45, 7) is 5.17. The van der Waals surface area contributed by atoms with Crippen LogP contribution in [0.3, 0.4) is 0 Å². The number of benzene rings is 14. The first-order valence-corrected chi connectivity index (χ1v) is 39.0. The maximum absolute atomic E-state index is 2.91. The number of rotatable bonds is 14. The highest BCUT2D eigenvalue weighted by Crippen LogP contribution is 2.62. The van der Waals surface area contributed by atoms with E-state index in [1.807, 2.05) is 0 Å². The van der Waals surface area contributed by atoms with Crippen molar-refractivity contribution in [1.82, 2.24) is 0 Å². The molecule has 0 radical (unpaired) electrons. The van der Waals surface area contributed by atoms with Crippen LogP contribution < -0.4 is 72.6 Å². The van der Waals surface area contributed by atoms with E-state index in [1.54, 1.807) is 0 Å². The van der Waals surface area contributed by atoms with Gasteiger partial charge >= 0.3 is 0 Å². The zero-order valence-electron chi connectivity index (χ0n) is 55.4. The molecule has 14 aromatic carbocycles. The summed E-state index contributed by atoms with van der Waals surface area (Å²) in [5, 5.41) is 10.8. The van der Waals surface area contributed by atoms with Crippen molar-refractivity contribution < 1.29 is 0 Å². The third kappa shape index (κ3) is 9.15. The SMILES string of the molecule is CC12CCCCC1(C)N1c3cc(N(c4ccc([Si](c5ccccc5)(c5ccccc5)c5ccccc5)cc4)c4ccc([Si](c5ccccc5)(c5ccccc5)c5ccccc5)cc4)cc4c3B(c3cc(-c5ccccc5)ccc3N4c3ccc(-c4ccccc4)cc3)c3cccc2c31. The minimum atomic E-state index is -2.91. The zero-order chi connectivity index (χ0) is 65.4. The van der Waals surface area contributed by atoms with Gasteiger partial charge in [0.15, 0.2) is 16.1 Å². The Labute approximate surface area is 579 Å². The van der Waals surface area contributed by atoms with Gasteiger partial charge in [0.2, 0.25) is 0 Å². The largest absolute Gasteiger partial charge is 0.335 e. The lowest BCUT2D eigenvalue weighted by Gasteiger charge is -2.53. The van der Waals surface area contributed by atoms with Crippen LogP contribution in [0.25, 0.3) is 22.3 Å². The second kappa shape index (κ2) is 24.0. The first kappa shape index (κ1) is 59.5. The summed E-state index contributed by atoms with van der Waals surface area (Å²) < 4.78 is 0. The van der Waals surface area contributed by atoms with Gasteiger partial charge < -0.3 is 14.7 Å². The van der Waals surface area contributed by atoms with Gasteiger partial charge in [-0.3, -0.25) is 0 Å². The average Bonchev–Trinajstić information content (AvgIpc) is 1.46. The first-order valence-electron chi connectivity index (χ1n) is 35.0. The number of para-hydroxylation sites is 1. The van der Waals surface area contributed by atoms with E-state index < -0.39 is 16.1 Å². The first-order chi connectivity index (χ1) is 48.4. The normalized spacial score (nSPS) is 16.5. The minimum Gasteiger partial charge on any atom is -0.335 e. The van der Waals surface area contributed by atoms with Crippen LogP contribution in [0.4, 0.5) is 45.5 Å². The van der Waals surface area contributed by atoms with Crippen LogP contribution in [0.1, 0.15) is 45.1 Å². The van der Waals surface area contributed by atoms with Crippen molar-refractivity contribution in [2.24, 2.45) is 0 Å². The van der Waals surface area contributed by atoms with E-state index in [4.69, 9.17) is 0 Å². The average molecular weight is 1290 g/mol. The Morgan fingerprint density at radius 3 is 1.16 bits per heavy atom. The topological polar surface area (TPSA) is 9.72 Å². The van der Waals surface area contributed by atoms with E-state index in [0.29, 0.717) is 0 Å². The lowest BCUT2D eigenvalue weighted by atomic mass is 9.33. The molecule has 468 valence electrons. The molecule has 0 amide bonds. The Kier molecular flexibility index (Phi) is 14.5. The Balaban J connectivity index is 0.917. The van der Waals surface area contributed by atoms with Gasteiger partial charge in [0, 0.05) is 45.2 Å². The van der Waals surface area contributed by atoms with Gasteiger partial charge in [0.25, 0.3) is 6.71 Å². The van der Waals surface area contributed by atoms with E-state index in [0.717, 1.165) is 35.6 Å². The van der Waals surface area contributed by atoms with Crippen molar-refractivity contribution in [3.05, 3.63) is 370 Å². The van der Waals surface area contributed by atoms with Gasteiger partial charge in [-0.2, -0.15) is 0 Å². The third-order valence-corrected chi connectivity index (χ3v) is 32.5. The van der Waals surface area contributed by atoms with Crippen molar-refractivity contribution in [2.75, 3.05) is 14.7 Å². The van der Waals surface area contributed by atoms with Crippen molar-refractivity contribution in [3.63, 3.8) is 0 Å². The van der Waals surface area contributed by atoms with E-state index in [2.05, 4.69) is 393 Å². The minimum absolute atomic E-state index is 0.0443. The summed E-state index contributed by atoms with van der Waals surface area (Å²) >= 11 is 0. The van der Waals surface area contributed by atoms with E-state index in [-0.39, 0.29) is 17.7 Å². The molecule has 2 atom stereocenters. The number of hydrogen-bond acceptors (Lipinski definition) is 3. The Hall–Kier alpha value is -11.0. The van der Waals surface area contributed by atoms with Crippen LogP contribution in [0.2, 0.25) is 0 Å². The van der Waals surface area contributed by atoms with Crippen LogP contribution in [-0.2, 0) is 5.41 Å². The van der Waals surface area contributed by atoms with Crippen LogP contribution in [0, 0.1) is 0 Å². The molecule has 2 unspecified atom stereocenters. The predicted molar refractivity (Wildman–Crippen MR) is 421 cm³/mol. The Morgan fingerprint density at radius 1 is 0.316 bits per heavy atom. The number of hydrogen-bond donors (Lipinski definition) is 0. The zero-order valence-corrected chi connectivity index (χ0v) is 57.4. The molecule has 0 saturated heterocycles. The van der Waals surface area contributed by atoms with Crippen molar-refractivity contribution in [2.45, 2.75) is 50.5 Å². The molecule has 98 heavy (non-hydrogen) atoms. The highest BCUT2D eigenvalue weighted by Gasteiger charge is 2.61. The predicted octanol–water partition coefficient (Wildman–Crippen LogP) is 15.6. The smallest absolute Gasteiger partial charge is 0.252 e. The molecular formula is C92H74BN3Si2. The summed E-state index contributed by atoms with van der Waals surface area (Å²) in [4.78, 5) is 8.10. The van der Waals surface area contributed by atoms with Gasteiger partial charge in [-0.1, -0.05) is 329 Å². The number of fused-ring (bicyclic) bond motifs is 7. The highest BCUT2D eigenvalue weighted by atomic mass is 28.3. The van der Waals surface area contributed by atoms with Gasteiger partial charge in [-0.05, 0) is 160 Å². The van der Waals surface area contributed by atoms with Crippen LogP contribution in [-0.4, -0.2) is 28.4 Å². The monoisotopic (exact) mass is 1290 g/mol. The summed E-state index contributed by atoms with van der Waals surface area (Å²) in [5.41, 5.74) is 19.6. The van der Waals surface area contributed by atoms with E-state index in [1.165, 1.54) is 121 Å². The summed E-state index contributed by atoms with van der Waals surface area (Å²) in [6, 6.07) is 139. The van der Waals surface area contributed by atoms with Gasteiger partial charge in [0.05, 0.1) is 11.2 Å². The molecule has 18 rings (SSSR count). The van der Waals surface area contributed by atoms with Gasteiger partial charge in [-0.25, -0.2) is 0 Å². The molecule has 14 aromatic rings. The molecule has 3 heterocycles. The lowest BCUT2D eigenvalue weighted by Crippen LogP contribution is -2.74. The molecule has 6 heteroatoms. The lowest BCUT2D eigenvalue weighted by molar-refractivity contribution is 0.195. The summed E-state index contributed by atoms with van der Waals surface area (Å²) in [7, 11) is -5.82. The molecule has 1 aliphatic carbocycles. The van der Waals surface area contributed by atoms with Gasteiger partial charge in [-0.15, -0.1) is 0 Å². The molecule has 1 fully saturated rings. The van der Waals surface area contributed by atoms with E-state index >= 15 is 0 Å². The third-order valence-electron chi connectivity index (χ3n) is 22.9. The summed E-state index contributed by atoms with van der Waals surface area (Å²) in [6.07, 6.45) is 4.64. The molecule has 4 aliphatic rings. The maximum atomic E-state index is 2.89. The Morgan fingerprint density at radius 2 is 0.704 bits per heavy atom. The maximum Gasteiger partial charge on any atom is 0.252 e. The Bertz CT molecular complexity index is 4860. The number of nitrogens with zero attached hydrogens (tertiary/aromatic N) is 3. The van der Waals surface area contributed by atoms with Gasteiger partial charge in [0.1, 0.15) is 0 Å². The van der Waals surface area contributed by atoms with Crippen LogP contribution >= 0.6 is 0 Å². The van der Waals surface area contributed by atoms with Crippen molar-refractivity contribution >= 4 is 126 Å². The second-order valence-corrected chi connectivity index (χ2v) is 35.4. The van der Waals surface area contributed by atoms with Crippen molar-refractivity contribution in [3.8, 4) is 22.3 Å². The number of anilines is 8. The molecule has 3 nitrogen and oxygen atoms in total. The molecule has 3 aliphatic heterocycles. The fraction of sp³-hybridized carbons (Fsp3) is 0.0870. The van der Waals surface area contributed by atoms with Crippen LogP contribution in [0.15, 0.2) is 364 Å². The molecule has 0 aromatic heterocycles. The van der Waals surface area contributed by atoms with Crippen molar-refractivity contribution in [1.29, 1.82) is 0 Å². The van der Waals surface area contributed by atoms with E-state index in [9.17, 15) is 0 Å². The quantitative estimate of drug-likeness (QED) is 0.0794. The fourth-order valence-electron chi connectivity index (χ4n) is 18.2. The standard InChI is InChI=1S/C92H74BN3Si2/c1-91-62-27-28-63-92(91,2)96-88-66-74(65-87-89(88)93(84-47-29-46-83(91)90(84)96)85-64-70(68-32-13-4-14-33-68)50-61-86(85)95(87)73-51-48-69(49-52-73)67-30-11-3-12-31-67)94(71-53-57-81(58-54-71)97(75-34-15-5-16-35-75,76-36-17-6-18-37-76)77-38-19-7-20-39-77)72-55-59-82(60-56-72)98(78-40-21-8-22-41-78,79-42-23-9-24-43-79)80-44-25-10-26-45-80/h3-26,29-61,64-66H,27-28,62-63H2,1-2H3. The van der Waals surface area contributed by atoms with Crippen LogP contribution in [0.5, 0.6) is 0 Å².